The third kappa shape index (κ3) is 7.02. The number of aryl methyl sites for hydroxylation is 1. The number of hydrazine groups is 1. The number of hydrogen-bond donors (Lipinski definition) is 2. The van der Waals surface area contributed by atoms with Gasteiger partial charge in [-0.1, -0.05) is 58.0 Å². The van der Waals surface area contributed by atoms with Crippen LogP contribution in [0.4, 0.5) is 0 Å². The van der Waals surface area contributed by atoms with Crippen molar-refractivity contribution in [3.8, 4) is 11.5 Å². The zero-order valence-electron chi connectivity index (χ0n) is 19.3. The van der Waals surface area contributed by atoms with Gasteiger partial charge in [0.05, 0.1) is 0 Å². The number of benzene rings is 2. The molecule has 0 radical (unpaired) electrons. The summed E-state index contributed by atoms with van der Waals surface area (Å²) in [5.74, 6) is 1.06. The van der Waals surface area contributed by atoms with Crippen molar-refractivity contribution in [1.82, 2.24) is 10.9 Å². The molecule has 0 bridgehead atoms. The van der Waals surface area contributed by atoms with E-state index in [0.29, 0.717) is 17.4 Å². The molecule has 2 unspecified atom stereocenters. The molecule has 0 spiro atoms. The fourth-order valence-electron chi connectivity index (χ4n) is 3.11. The zero-order valence-corrected chi connectivity index (χ0v) is 19.3. The third-order valence-electron chi connectivity index (χ3n) is 5.21. The molecule has 0 saturated heterocycles. The molecule has 0 aliphatic rings. The van der Waals surface area contributed by atoms with Gasteiger partial charge in [0.1, 0.15) is 11.5 Å². The molecule has 2 amide bonds. The standard InChI is InChI=1S/C25H34N2O4/c1-7-18(5)21-10-8-9-11-22(21)31-19(6)25(29)27-26-24(28)15-30-23-14-17(4)12-13-20(23)16(2)3/h8-14,16,18-19H,7,15H2,1-6H3,(H,26,28)(H,27,29). The van der Waals surface area contributed by atoms with E-state index in [1.807, 2.05) is 49.4 Å². The molecule has 2 N–H and O–H groups in total. The van der Waals surface area contributed by atoms with Crippen molar-refractivity contribution < 1.29 is 19.1 Å². The summed E-state index contributed by atoms with van der Waals surface area (Å²) in [6.45, 7) is 11.8. The van der Waals surface area contributed by atoms with Crippen molar-refractivity contribution in [1.29, 1.82) is 0 Å². The van der Waals surface area contributed by atoms with Gasteiger partial charge in [0.25, 0.3) is 11.8 Å². The smallest absolute Gasteiger partial charge is 0.279 e. The minimum Gasteiger partial charge on any atom is -0.483 e. The van der Waals surface area contributed by atoms with E-state index in [-0.39, 0.29) is 12.5 Å². The van der Waals surface area contributed by atoms with Crippen molar-refractivity contribution in [2.45, 2.75) is 65.9 Å². The van der Waals surface area contributed by atoms with Crippen molar-refractivity contribution in [2.75, 3.05) is 6.61 Å². The quantitative estimate of drug-likeness (QED) is 0.574. The second-order valence-electron chi connectivity index (χ2n) is 8.13. The van der Waals surface area contributed by atoms with Gasteiger partial charge in [-0.05, 0) is 60.9 Å². The molecule has 0 heterocycles. The molecule has 2 rings (SSSR count). The van der Waals surface area contributed by atoms with Crippen LogP contribution in [-0.2, 0) is 9.59 Å². The molecule has 2 atom stereocenters. The van der Waals surface area contributed by atoms with Gasteiger partial charge in [-0.2, -0.15) is 0 Å². The lowest BCUT2D eigenvalue weighted by Crippen LogP contribution is -2.48. The van der Waals surface area contributed by atoms with Gasteiger partial charge >= 0.3 is 0 Å². The Balaban J connectivity index is 1.87. The Hall–Kier alpha value is -3.02. The predicted octanol–water partition coefficient (Wildman–Crippen LogP) is 4.63. The molecule has 6 nitrogen and oxygen atoms in total. The summed E-state index contributed by atoms with van der Waals surface area (Å²) >= 11 is 0. The Bertz CT molecular complexity index is 895. The molecule has 0 aromatic heterocycles. The van der Waals surface area contributed by atoms with E-state index >= 15 is 0 Å². The Labute approximate surface area is 185 Å². The maximum atomic E-state index is 12.4. The summed E-state index contributed by atoms with van der Waals surface area (Å²) in [7, 11) is 0. The van der Waals surface area contributed by atoms with Crippen LogP contribution in [0.15, 0.2) is 42.5 Å². The van der Waals surface area contributed by atoms with Gasteiger partial charge in [-0.25, -0.2) is 0 Å². The van der Waals surface area contributed by atoms with Gasteiger partial charge in [0.2, 0.25) is 0 Å². The number of amides is 2. The highest BCUT2D eigenvalue weighted by Crippen LogP contribution is 2.29. The van der Waals surface area contributed by atoms with E-state index in [4.69, 9.17) is 9.47 Å². The topological polar surface area (TPSA) is 76.7 Å². The van der Waals surface area contributed by atoms with Gasteiger partial charge in [0, 0.05) is 0 Å². The average molecular weight is 427 g/mol. The molecule has 2 aromatic rings. The number of carbonyl (C=O) groups is 2. The van der Waals surface area contributed by atoms with Crippen molar-refractivity contribution in [3.63, 3.8) is 0 Å². The second kappa shape index (κ2) is 11.4. The summed E-state index contributed by atoms with van der Waals surface area (Å²) in [6, 6.07) is 13.6. The number of hydrogen-bond acceptors (Lipinski definition) is 4. The largest absolute Gasteiger partial charge is 0.483 e. The van der Waals surface area contributed by atoms with Gasteiger partial charge in [0.15, 0.2) is 12.7 Å². The summed E-state index contributed by atoms with van der Waals surface area (Å²) in [5.41, 5.74) is 7.94. The first-order chi connectivity index (χ1) is 14.7. The van der Waals surface area contributed by atoms with Crippen LogP contribution in [0, 0.1) is 6.92 Å². The zero-order chi connectivity index (χ0) is 23.0. The highest BCUT2D eigenvalue weighted by atomic mass is 16.5. The number of nitrogens with one attached hydrogen (secondary N) is 2. The van der Waals surface area contributed by atoms with Crippen LogP contribution in [0.2, 0.25) is 0 Å². The number of para-hydroxylation sites is 1. The first-order valence-corrected chi connectivity index (χ1v) is 10.8. The maximum absolute atomic E-state index is 12.4. The molecular formula is C25H34N2O4. The van der Waals surface area contributed by atoms with E-state index in [9.17, 15) is 9.59 Å². The Morgan fingerprint density at radius 1 is 0.935 bits per heavy atom. The van der Waals surface area contributed by atoms with Crippen LogP contribution in [0.1, 0.15) is 69.6 Å². The van der Waals surface area contributed by atoms with Crippen molar-refractivity contribution >= 4 is 11.8 Å². The molecule has 6 heteroatoms. The number of carbonyl (C=O) groups excluding carboxylic acids is 2. The molecule has 0 aliphatic carbocycles. The normalized spacial score (nSPS) is 12.7. The maximum Gasteiger partial charge on any atom is 0.279 e. The molecule has 2 aromatic carbocycles. The Morgan fingerprint density at radius 2 is 1.65 bits per heavy atom. The van der Waals surface area contributed by atoms with Crippen LogP contribution in [-0.4, -0.2) is 24.5 Å². The van der Waals surface area contributed by atoms with E-state index in [2.05, 4.69) is 38.5 Å². The van der Waals surface area contributed by atoms with Crippen LogP contribution in [0.5, 0.6) is 11.5 Å². The highest BCUT2D eigenvalue weighted by Gasteiger charge is 2.19. The van der Waals surface area contributed by atoms with E-state index in [1.54, 1.807) is 6.92 Å². The third-order valence-corrected chi connectivity index (χ3v) is 5.21. The average Bonchev–Trinajstić information content (AvgIpc) is 2.75. The number of ether oxygens (including phenoxy) is 2. The van der Waals surface area contributed by atoms with E-state index < -0.39 is 17.9 Å². The van der Waals surface area contributed by atoms with Crippen LogP contribution < -0.4 is 20.3 Å². The molecule has 0 aliphatic heterocycles. The molecule has 168 valence electrons. The van der Waals surface area contributed by atoms with Crippen molar-refractivity contribution in [2.24, 2.45) is 0 Å². The summed E-state index contributed by atoms with van der Waals surface area (Å²) in [6.07, 6.45) is 0.201. The van der Waals surface area contributed by atoms with Gasteiger partial charge in [-0.3, -0.25) is 20.4 Å². The van der Waals surface area contributed by atoms with Crippen LogP contribution in [0.25, 0.3) is 0 Å². The van der Waals surface area contributed by atoms with Crippen molar-refractivity contribution in [3.05, 3.63) is 59.2 Å². The second-order valence-corrected chi connectivity index (χ2v) is 8.13. The lowest BCUT2D eigenvalue weighted by molar-refractivity contribution is -0.133. The molecule has 0 saturated carbocycles. The fraction of sp³-hybridized carbons (Fsp3) is 0.440. The lowest BCUT2D eigenvalue weighted by atomic mass is 9.98. The summed E-state index contributed by atoms with van der Waals surface area (Å²) < 4.78 is 11.5. The first kappa shape index (κ1) is 24.3. The first-order valence-electron chi connectivity index (χ1n) is 10.8. The number of rotatable bonds is 9. The molecular weight excluding hydrogens is 392 g/mol. The summed E-state index contributed by atoms with van der Waals surface area (Å²) in [4.78, 5) is 24.5. The van der Waals surface area contributed by atoms with Crippen LogP contribution in [0.3, 0.4) is 0 Å². The minimum absolute atomic E-state index is 0.199. The Morgan fingerprint density at radius 3 is 2.32 bits per heavy atom. The predicted molar refractivity (Wildman–Crippen MR) is 122 cm³/mol. The minimum atomic E-state index is -0.768. The lowest BCUT2D eigenvalue weighted by Gasteiger charge is -2.20. The van der Waals surface area contributed by atoms with Crippen LogP contribution >= 0.6 is 0 Å². The van der Waals surface area contributed by atoms with Gasteiger partial charge < -0.3 is 9.47 Å². The molecule has 0 fully saturated rings. The SMILES string of the molecule is CCC(C)c1ccccc1OC(C)C(=O)NNC(=O)COc1cc(C)ccc1C(C)C. The highest BCUT2D eigenvalue weighted by molar-refractivity contribution is 5.85. The fourth-order valence-corrected chi connectivity index (χ4v) is 3.11. The molecule has 31 heavy (non-hydrogen) atoms. The van der Waals surface area contributed by atoms with E-state index in [1.165, 1.54) is 0 Å². The van der Waals surface area contributed by atoms with Gasteiger partial charge in [-0.15, -0.1) is 0 Å². The summed E-state index contributed by atoms with van der Waals surface area (Å²) in [5, 5.41) is 0. The Kier molecular flexibility index (Phi) is 8.91. The van der Waals surface area contributed by atoms with E-state index in [0.717, 1.165) is 23.1 Å². The monoisotopic (exact) mass is 426 g/mol.